The number of halogens is 3. The molecule has 2 fully saturated rings. The SMILES string of the molecule is C.CCOC(=O)CBr.CCOC(=O)CN1CCCN(c2ccccc2F)S1(=O)=O.O=CO[O-].O=S1(=O)NCCCN1c1ccccc1F.[H-].[K+].[K+]. The molecule has 0 saturated carbocycles. The largest absolute Gasteiger partial charge is 1.00 e. The number of carbonyl (C=O) groups excluding carboxylic acids is 3. The van der Waals surface area contributed by atoms with Crippen LogP contribution in [-0.2, 0) is 49.2 Å². The van der Waals surface area contributed by atoms with E-state index in [1.54, 1.807) is 26.0 Å². The van der Waals surface area contributed by atoms with Gasteiger partial charge in [0, 0.05) is 26.2 Å². The average molecular weight is 870 g/mol. The number of nitrogens with one attached hydrogen (secondary N) is 1. The third kappa shape index (κ3) is 18.7. The number of esters is 2. The molecule has 2 heterocycles. The summed E-state index contributed by atoms with van der Waals surface area (Å²) >= 11 is 2.94. The number of carbonyl (C=O) groups is 3. The van der Waals surface area contributed by atoms with E-state index in [0.717, 1.165) is 12.9 Å². The summed E-state index contributed by atoms with van der Waals surface area (Å²) in [4.78, 5) is 32.9. The molecule has 274 valence electrons. The van der Waals surface area contributed by atoms with Crippen molar-refractivity contribution in [2.75, 3.05) is 59.9 Å². The second kappa shape index (κ2) is 29.2. The van der Waals surface area contributed by atoms with E-state index in [0.29, 0.717) is 37.9 Å². The summed E-state index contributed by atoms with van der Waals surface area (Å²) in [5, 5.41) is 8.72. The summed E-state index contributed by atoms with van der Waals surface area (Å²) in [6.45, 7) is 4.66. The van der Waals surface area contributed by atoms with E-state index in [1.165, 1.54) is 36.4 Å². The third-order valence-electron chi connectivity index (χ3n) is 5.79. The molecule has 0 aliphatic carbocycles. The van der Waals surface area contributed by atoms with Crippen molar-refractivity contribution in [1.29, 1.82) is 0 Å². The molecule has 15 nitrogen and oxygen atoms in total. The van der Waals surface area contributed by atoms with Crippen LogP contribution in [0, 0.1) is 11.6 Å². The Bertz CT molecular complexity index is 1520. The van der Waals surface area contributed by atoms with Crippen molar-refractivity contribution in [3.63, 3.8) is 0 Å². The predicted molar refractivity (Wildman–Crippen MR) is 176 cm³/mol. The first kappa shape index (κ1) is 54.2. The van der Waals surface area contributed by atoms with Crippen molar-refractivity contribution in [2.24, 2.45) is 0 Å². The molecular weight excluding hydrogens is 829 g/mol. The number of para-hydroxylation sites is 2. The molecule has 4 rings (SSSR count). The Morgan fingerprint density at radius 1 is 0.880 bits per heavy atom. The van der Waals surface area contributed by atoms with Crippen LogP contribution in [0.1, 0.15) is 35.5 Å². The predicted octanol–water partition coefficient (Wildman–Crippen LogP) is -3.85. The van der Waals surface area contributed by atoms with Crippen molar-refractivity contribution in [3.8, 4) is 0 Å². The second-order valence-corrected chi connectivity index (χ2v) is 13.0. The van der Waals surface area contributed by atoms with Crippen LogP contribution in [0.4, 0.5) is 20.2 Å². The smallest absolute Gasteiger partial charge is 1.00 e. The van der Waals surface area contributed by atoms with Gasteiger partial charge in [-0.1, -0.05) is 47.6 Å². The number of hydrogen-bond acceptors (Lipinski definition) is 11. The van der Waals surface area contributed by atoms with Gasteiger partial charge in [-0.25, -0.2) is 8.78 Å². The summed E-state index contributed by atoms with van der Waals surface area (Å²) in [5.41, 5.74) is 0.0933. The maximum atomic E-state index is 13.8. The maximum absolute atomic E-state index is 13.8. The van der Waals surface area contributed by atoms with Gasteiger partial charge in [-0.2, -0.15) is 25.9 Å². The van der Waals surface area contributed by atoms with E-state index < -0.39 is 38.0 Å². The summed E-state index contributed by atoms with van der Waals surface area (Å²) < 4.78 is 90.0. The maximum Gasteiger partial charge on any atom is 1.00 e. The van der Waals surface area contributed by atoms with Gasteiger partial charge >= 0.3 is 135 Å². The number of rotatable bonds is 8. The fraction of sp³-hybridized carbons (Fsp3) is 0.464. The molecule has 0 aromatic heterocycles. The van der Waals surface area contributed by atoms with Crippen LogP contribution in [0.5, 0.6) is 0 Å². The summed E-state index contributed by atoms with van der Waals surface area (Å²) in [6.07, 6.45) is 1.18. The molecule has 0 radical (unpaired) electrons. The van der Waals surface area contributed by atoms with Gasteiger partial charge in [-0.15, -0.1) is 0 Å². The van der Waals surface area contributed by atoms with Crippen molar-refractivity contribution < 1.29 is 164 Å². The van der Waals surface area contributed by atoms with E-state index in [4.69, 9.17) is 14.8 Å². The molecule has 0 atom stereocenters. The Morgan fingerprint density at radius 2 is 1.34 bits per heavy atom. The zero-order valence-corrected chi connectivity index (χ0v) is 37.0. The first-order valence-electron chi connectivity index (χ1n) is 13.9. The van der Waals surface area contributed by atoms with Gasteiger partial charge in [0.15, 0.2) is 0 Å². The van der Waals surface area contributed by atoms with Gasteiger partial charge in [-0.05, 0) is 51.0 Å². The van der Waals surface area contributed by atoms with Crippen molar-refractivity contribution in [3.05, 3.63) is 60.2 Å². The minimum absolute atomic E-state index is 0. The first-order chi connectivity index (χ1) is 22.3. The zero-order chi connectivity index (χ0) is 35.5. The summed E-state index contributed by atoms with van der Waals surface area (Å²) in [7, 11) is -7.48. The molecule has 22 heteroatoms. The number of ether oxygens (including phenoxy) is 2. The first-order valence-corrected chi connectivity index (χ1v) is 17.9. The zero-order valence-electron chi connectivity index (χ0n) is 28.5. The Balaban J connectivity index is -0.000000324. The number of anilines is 2. The van der Waals surface area contributed by atoms with Gasteiger partial charge in [0.2, 0.25) is 0 Å². The minimum atomic E-state index is -3.93. The Labute approximate surface area is 387 Å². The van der Waals surface area contributed by atoms with Gasteiger partial charge in [0.05, 0.1) is 24.6 Å². The molecule has 0 bridgehead atoms. The van der Waals surface area contributed by atoms with Gasteiger partial charge in [0.1, 0.15) is 23.5 Å². The van der Waals surface area contributed by atoms with E-state index >= 15 is 0 Å². The fourth-order valence-corrected chi connectivity index (χ4v) is 7.06. The van der Waals surface area contributed by atoms with Crippen molar-refractivity contribution in [2.45, 2.75) is 34.1 Å². The number of nitrogens with zero attached hydrogens (tertiary/aromatic N) is 3. The molecule has 1 N–H and O–H groups in total. The molecule has 0 spiro atoms. The summed E-state index contributed by atoms with van der Waals surface area (Å²) in [6, 6.07) is 11.5. The fourth-order valence-electron chi connectivity index (χ4n) is 3.90. The Hall–Kier alpha value is -0.157. The van der Waals surface area contributed by atoms with Crippen LogP contribution in [0.25, 0.3) is 0 Å². The number of benzene rings is 2. The number of alkyl halides is 1. The molecule has 2 aromatic carbocycles. The molecular formula is C28H41BrF2K2N4O11S2. The molecule has 50 heavy (non-hydrogen) atoms. The molecule has 2 saturated heterocycles. The standard InChI is InChI=1S/C13H17FN2O4S.C9H11FN2O2S.C4H7BrO2.CH2O3.CH4.2K.H/c1-2-20-13(17)10-15-8-5-9-16(21(15,18)19)12-7-4-3-6-11(12)14;10-8-4-1-2-5-9(8)12-7-3-6-11-15(12,13)14;1-2-7-4(6)3-5;2-1-4-3;;;;/h3-4,6-7H,2,5,8-10H2,1H3;1-2,4-5,11H,3,6-7H2;2-3H2,1H3;1,3H;1H4;;;/q;;;;;2*+1;-1/p-1. The van der Waals surface area contributed by atoms with Crippen molar-refractivity contribution in [1.82, 2.24) is 9.03 Å². The van der Waals surface area contributed by atoms with Crippen LogP contribution in [-0.4, -0.2) is 90.8 Å². The van der Waals surface area contributed by atoms with Crippen LogP contribution in [0.3, 0.4) is 0 Å². The van der Waals surface area contributed by atoms with E-state index in [2.05, 4.69) is 30.3 Å². The van der Waals surface area contributed by atoms with E-state index in [1.807, 2.05) is 0 Å². The quantitative estimate of drug-likeness (QED) is 0.0683. The van der Waals surface area contributed by atoms with Crippen LogP contribution >= 0.6 is 15.9 Å². The number of hydrogen-bond donors (Lipinski definition) is 1. The third-order valence-corrected chi connectivity index (χ3v) is 9.68. The molecule has 2 aromatic rings. The van der Waals surface area contributed by atoms with E-state index in [9.17, 15) is 35.2 Å². The Morgan fingerprint density at radius 3 is 1.76 bits per heavy atom. The average Bonchev–Trinajstić information content (AvgIpc) is 3.04. The molecule has 2 aliphatic rings. The summed E-state index contributed by atoms with van der Waals surface area (Å²) in [5.74, 6) is -1.96. The topological polar surface area (TPSA) is 192 Å². The van der Waals surface area contributed by atoms with Crippen LogP contribution < -0.4 is 121 Å². The van der Waals surface area contributed by atoms with Crippen LogP contribution in [0.2, 0.25) is 0 Å². The van der Waals surface area contributed by atoms with Gasteiger partial charge in [0.25, 0.3) is 6.47 Å². The normalized spacial score (nSPS) is 15.4. The molecule has 0 unspecified atom stereocenters. The van der Waals surface area contributed by atoms with Crippen molar-refractivity contribution >= 4 is 66.1 Å². The molecule has 2 aliphatic heterocycles. The van der Waals surface area contributed by atoms with Crippen LogP contribution in [0.15, 0.2) is 48.5 Å². The van der Waals surface area contributed by atoms with E-state index in [-0.39, 0.29) is 162 Å². The Kier molecular flexibility index (Phi) is 31.7. The minimum Gasteiger partial charge on any atom is -1.00 e. The van der Waals surface area contributed by atoms with Gasteiger partial charge < -0.3 is 21.0 Å². The second-order valence-electron chi connectivity index (χ2n) is 8.93. The van der Waals surface area contributed by atoms with Gasteiger partial charge in [-0.3, -0.25) is 23.0 Å². The molecule has 0 amide bonds. The monoisotopic (exact) mass is 868 g/mol.